The maximum Gasteiger partial charge on any atom is 0.269 e. The van der Waals surface area contributed by atoms with Crippen LogP contribution in [0.25, 0.3) is 21.8 Å². The molecule has 10 heteroatoms. The van der Waals surface area contributed by atoms with Gasteiger partial charge in [0.05, 0.1) is 36.7 Å². The molecule has 0 aliphatic heterocycles. The van der Waals surface area contributed by atoms with Gasteiger partial charge < -0.3 is 18.8 Å². The van der Waals surface area contributed by atoms with E-state index in [-0.39, 0.29) is 27.6 Å². The van der Waals surface area contributed by atoms with Gasteiger partial charge in [0.25, 0.3) is 5.69 Å². The molecule has 4 aromatic carbocycles. The first-order valence-electron chi connectivity index (χ1n) is 12.5. The maximum absolute atomic E-state index is 14.6. The second kappa shape index (κ2) is 10.5. The van der Waals surface area contributed by atoms with Crippen LogP contribution in [0.15, 0.2) is 83.8 Å². The van der Waals surface area contributed by atoms with Crippen molar-refractivity contribution in [1.82, 2.24) is 4.57 Å². The van der Waals surface area contributed by atoms with Gasteiger partial charge in [0.15, 0.2) is 9.84 Å². The van der Waals surface area contributed by atoms with Crippen LogP contribution in [0.3, 0.4) is 0 Å². The van der Waals surface area contributed by atoms with Crippen molar-refractivity contribution in [2.24, 2.45) is 0 Å². The average Bonchev–Trinajstić information content (AvgIpc) is 3.30. The van der Waals surface area contributed by atoms with Crippen molar-refractivity contribution < 1.29 is 27.6 Å². The molecule has 0 spiro atoms. The molecule has 0 bridgehead atoms. The largest absolute Gasteiger partial charge is 0.496 e. The highest BCUT2D eigenvalue weighted by Gasteiger charge is 2.37. The molecule has 0 aliphatic rings. The number of sulfone groups is 1. The molecule has 0 amide bonds. The first-order valence-corrected chi connectivity index (χ1v) is 14.1. The van der Waals surface area contributed by atoms with Gasteiger partial charge in [-0.3, -0.25) is 10.1 Å². The van der Waals surface area contributed by atoms with Crippen LogP contribution in [0.4, 0.5) is 5.69 Å². The summed E-state index contributed by atoms with van der Waals surface area (Å²) in [6.45, 7) is 2.77. The average molecular weight is 561 g/mol. The lowest BCUT2D eigenvalue weighted by atomic mass is 10.0. The molecular formula is C30H28N2O7S. The van der Waals surface area contributed by atoms with Gasteiger partial charge in [-0.05, 0) is 36.8 Å². The van der Waals surface area contributed by atoms with Crippen molar-refractivity contribution in [3.8, 4) is 17.2 Å². The molecule has 206 valence electrons. The summed E-state index contributed by atoms with van der Waals surface area (Å²) in [5, 5.41) is 11.8. The Morgan fingerprint density at radius 3 is 2.02 bits per heavy atom. The molecular weight excluding hydrogens is 532 g/mol. The fraction of sp³-hybridized carbons (Fsp3) is 0.200. The molecule has 0 fully saturated rings. The quantitative estimate of drug-likeness (QED) is 0.153. The van der Waals surface area contributed by atoms with Gasteiger partial charge in [-0.1, -0.05) is 30.3 Å². The number of hydrogen-bond donors (Lipinski definition) is 0. The zero-order valence-corrected chi connectivity index (χ0v) is 23.3. The number of ether oxygens (including phenoxy) is 3. The highest BCUT2D eigenvalue weighted by atomic mass is 32.2. The molecule has 0 saturated carbocycles. The standard InChI is InChI=1S/C30H28N2O7S/c1-5-31-25-9-7-6-8-23(25)24-18-22(14-15-26(24)31)40(35,36)30(19-10-12-20(13-11-19)32(33)34)29-27(38-3)16-21(37-2)17-28(29)39-4/h6-18,30H,5H2,1-4H3/t30-/m1/s1. The van der Waals surface area contributed by atoms with E-state index in [0.717, 1.165) is 28.4 Å². The van der Waals surface area contributed by atoms with Gasteiger partial charge in [0, 0.05) is 52.6 Å². The minimum Gasteiger partial charge on any atom is -0.496 e. The molecule has 0 aliphatic carbocycles. The molecule has 1 aromatic heterocycles. The predicted octanol–water partition coefficient (Wildman–Crippen LogP) is 6.31. The molecule has 0 radical (unpaired) electrons. The van der Waals surface area contributed by atoms with Crippen LogP contribution in [0, 0.1) is 10.1 Å². The van der Waals surface area contributed by atoms with E-state index in [1.807, 2.05) is 37.3 Å². The van der Waals surface area contributed by atoms with Gasteiger partial charge in [-0.15, -0.1) is 0 Å². The van der Waals surface area contributed by atoms with Gasteiger partial charge in [0.2, 0.25) is 0 Å². The number of nitro groups is 1. The second-order valence-electron chi connectivity index (χ2n) is 9.16. The topological polar surface area (TPSA) is 110 Å². The van der Waals surface area contributed by atoms with E-state index in [1.165, 1.54) is 45.6 Å². The number of nitro benzene ring substituents is 1. The number of methoxy groups -OCH3 is 3. The van der Waals surface area contributed by atoms with E-state index >= 15 is 0 Å². The maximum atomic E-state index is 14.6. The van der Waals surface area contributed by atoms with E-state index in [0.29, 0.717) is 11.3 Å². The summed E-state index contributed by atoms with van der Waals surface area (Å²) in [6.07, 6.45) is 0. The lowest BCUT2D eigenvalue weighted by molar-refractivity contribution is -0.384. The number of non-ortho nitro benzene ring substituents is 1. The number of rotatable bonds is 9. The monoisotopic (exact) mass is 560 g/mol. The lowest BCUT2D eigenvalue weighted by Gasteiger charge is -2.24. The van der Waals surface area contributed by atoms with Gasteiger partial charge >= 0.3 is 0 Å². The van der Waals surface area contributed by atoms with Crippen molar-refractivity contribution >= 4 is 37.3 Å². The van der Waals surface area contributed by atoms with Crippen LogP contribution < -0.4 is 14.2 Å². The number of hydrogen-bond acceptors (Lipinski definition) is 7. The Bertz CT molecular complexity index is 1820. The molecule has 40 heavy (non-hydrogen) atoms. The van der Waals surface area contributed by atoms with Gasteiger partial charge in [-0.2, -0.15) is 0 Å². The summed E-state index contributed by atoms with van der Waals surface area (Å²) >= 11 is 0. The molecule has 5 rings (SSSR count). The third kappa shape index (κ3) is 4.40. The molecule has 1 heterocycles. The summed E-state index contributed by atoms with van der Waals surface area (Å²) in [4.78, 5) is 10.9. The fourth-order valence-electron chi connectivity index (χ4n) is 5.25. The third-order valence-electron chi connectivity index (χ3n) is 7.12. The first-order chi connectivity index (χ1) is 19.2. The minimum absolute atomic E-state index is 0.0993. The number of aryl methyl sites for hydroxylation is 1. The van der Waals surface area contributed by atoms with Crippen LogP contribution in [0.1, 0.15) is 23.3 Å². The van der Waals surface area contributed by atoms with Crippen LogP contribution in [0.2, 0.25) is 0 Å². The number of benzene rings is 4. The van der Waals surface area contributed by atoms with Crippen LogP contribution in [-0.2, 0) is 16.4 Å². The van der Waals surface area contributed by atoms with E-state index in [1.54, 1.807) is 24.3 Å². The van der Waals surface area contributed by atoms with Crippen molar-refractivity contribution in [3.05, 3.63) is 100 Å². The highest BCUT2D eigenvalue weighted by molar-refractivity contribution is 7.92. The van der Waals surface area contributed by atoms with Crippen LogP contribution >= 0.6 is 0 Å². The van der Waals surface area contributed by atoms with E-state index in [4.69, 9.17) is 14.2 Å². The van der Waals surface area contributed by atoms with E-state index in [9.17, 15) is 18.5 Å². The van der Waals surface area contributed by atoms with Crippen molar-refractivity contribution in [2.45, 2.75) is 23.6 Å². The van der Waals surface area contributed by atoms with Gasteiger partial charge in [0.1, 0.15) is 22.5 Å². The zero-order chi connectivity index (χ0) is 28.6. The van der Waals surface area contributed by atoms with Crippen molar-refractivity contribution in [3.63, 3.8) is 0 Å². The number of para-hydroxylation sites is 1. The second-order valence-corrected chi connectivity index (χ2v) is 11.2. The fourth-order valence-corrected chi connectivity index (χ4v) is 7.12. The molecule has 5 aromatic rings. The van der Waals surface area contributed by atoms with E-state index < -0.39 is 20.0 Å². The third-order valence-corrected chi connectivity index (χ3v) is 9.16. The summed E-state index contributed by atoms with van der Waals surface area (Å²) in [7, 11) is 0.191. The minimum atomic E-state index is -4.16. The summed E-state index contributed by atoms with van der Waals surface area (Å²) in [5.74, 6) is 0.907. The van der Waals surface area contributed by atoms with Crippen molar-refractivity contribution in [2.75, 3.05) is 21.3 Å². The smallest absolute Gasteiger partial charge is 0.269 e. The summed E-state index contributed by atoms with van der Waals surface area (Å²) in [6, 6.07) is 21.6. The number of fused-ring (bicyclic) bond motifs is 3. The molecule has 0 unspecified atom stereocenters. The van der Waals surface area contributed by atoms with Crippen LogP contribution in [0.5, 0.6) is 17.2 Å². The Kier molecular flexibility index (Phi) is 7.12. The number of nitrogens with zero attached hydrogens (tertiary/aromatic N) is 2. The zero-order valence-electron chi connectivity index (χ0n) is 22.5. The molecule has 9 nitrogen and oxygen atoms in total. The Morgan fingerprint density at radius 1 is 0.825 bits per heavy atom. The van der Waals surface area contributed by atoms with Crippen LogP contribution in [-0.4, -0.2) is 39.2 Å². The Hall–Kier alpha value is -4.57. The Labute approximate surface area is 231 Å². The Balaban J connectivity index is 1.80. The predicted molar refractivity (Wildman–Crippen MR) is 153 cm³/mol. The van der Waals surface area contributed by atoms with E-state index in [2.05, 4.69) is 4.57 Å². The lowest BCUT2D eigenvalue weighted by Crippen LogP contribution is -2.17. The van der Waals surface area contributed by atoms with Crippen molar-refractivity contribution in [1.29, 1.82) is 0 Å². The number of aromatic nitrogens is 1. The Morgan fingerprint density at radius 2 is 1.45 bits per heavy atom. The highest BCUT2D eigenvalue weighted by Crippen LogP contribution is 2.47. The summed E-state index contributed by atoms with van der Waals surface area (Å²) in [5.41, 5.74) is 2.37. The molecule has 0 N–H and O–H groups in total. The molecule has 0 saturated heterocycles. The molecule has 1 atom stereocenters. The van der Waals surface area contributed by atoms with Gasteiger partial charge in [-0.25, -0.2) is 8.42 Å². The summed E-state index contributed by atoms with van der Waals surface area (Å²) < 4.78 is 48.0. The first kappa shape index (κ1) is 27.0. The normalized spacial score (nSPS) is 12.4. The SMILES string of the molecule is CCn1c2ccccc2c2cc(S(=O)(=O)[C@H](c3ccc([N+](=O)[O-])cc3)c3c(OC)cc(OC)cc3OC)ccc21.